The van der Waals surface area contributed by atoms with Gasteiger partial charge < -0.3 is 14.5 Å². The van der Waals surface area contributed by atoms with Gasteiger partial charge in [0.15, 0.2) is 0 Å². The van der Waals surface area contributed by atoms with Crippen molar-refractivity contribution >= 4 is 5.69 Å². The summed E-state index contributed by atoms with van der Waals surface area (Å²) in [5.74, 6) is 1.09. The smallest absolute Gasteiger partial charge is 0.0991 e. The summed E-state index contributed by atoms with van der Waals surface area (Å²) in [6.07, 6.45) is 6.62. The van der Waals surface area contributed by atoms with Crippen LogP contribution in [0.1, 0.15) is 63.5 Å². The fourth-order valence-electron chi connectivity index (χ4n) is 6.35. The van der Waals surface area contributed by atoms with Crippen molar-refractivity contribution in [3.05, 3.63) is 65.7 Å². The molecule has 2 aromatic rings. The number of nitrogens with zero attached hydrogens (tertiary/aromatic N) is 4. The molecule has 5 nitrogen and oxygen atoms in total. The maximum atomic E-state index is 10.6. The van der Waals surface area contributed by atoms with Crippen molar-refractivity contribution in [2.45, 2.75) is 63.9 Å². The second-order valence-electron chi connectivity index (χ2n) is 11.0. The second-order valence-corrected chi connectivity index (χ2v) is 11.0. The van der Waals surface area contributed by atoms with Crippen molar-refractivity contribution < 1.29 is 4.74 Å². The Morgan fingerprint density at radius 2 is 1.70 bits per heavy atom. The number of nitriles is 2. The summed E-state index contributed by atoms with van der Waals surface area (Å²) < 4.78 is 5.71. The number of hydrogen-bond donors (Lipinski definition) is 0. The largest absolute Gasteiger partial charge is 0.379 e. The quantitative estimate of drug-likeness (QED) is 0.328. The van der Waals surface area contributed by atoms with E-state index >= 15 is 0 Å². The van der Waals surface area contributed by atoms with Crippen molar-refractivity contribution in [3.8, 4) is 12.1 Å². The molecule has 2 aliphatic rings. The van der Waals surface area contributed by atoms with Crippen LogP contribution in [-0.4, -0.2) is 50.3 Å². The van der Waals surface area contributed by atoms with Crippen LogP contribution in [0.4, 0.5) is 5.69 Å². The van der Waals surface area contributed by atoms with E-state index in [2.05, 4.69) is 78.3 Å². The molecule has 1 unspecified atom stereocenters. The molecule has 0 aromatic heterocycles. The third-order valence-corrected chi connectivity index (χ3v) is 8.49. The summed E-state index contributed by atoms with van der Waals surface area (Å²) in [4.78, 5) is 5.02. The van der Waals surface area contributed by atoms with Crippen LogP contribution >= 0.6 is 0 Å². The standard InChI is InChI=1S/C32H42N4O/c1-3-37-26(2)9-7-8-18-32(25-34,29-10-5-4-6-11-29)30-16-19-35(20-17-30)22-28-23-36(24-28)31-14-12-27(21-33)13-15-31/h4-6,10-15,26,28,30H,3,7-9,16-20,22-24H2,1-2H3/t26-,32?/m1/s1. The Bertz CT molecular complexity index is 1040. The highest BCUT2D eigenvalue weighted by molar-refractivity contribution is 5.51. The van der Waals surface area contributed by atoms with E-state index in [1.54, 1.807) is 0 Å². The zero-order valence-electron chi connectivity index (χ0n) is 22.6. The topological polar surface area (TPSA) is 63.3 Å². The van der Waals surface area contributed by atoms with Crippen molar-refractivity contribution in [2.75, 3.05) is 44.2 Å². The molecule has 2 atom stereocenters. The number of likely N-dealkylation sites (tertiary alicyclic amines) is 1. The lowest BCUT2D eigenvalue weighted by molar-refractivity contribution is 0.0674. The number of anilines is 1. The van der Waals surface area contributed by atoms with Crippen molar-refractivity contribution in [3.63, 3.8) is 0 Å². The van der Waals surface area contributed by atoms with Gasteiger partial charge in [-0.05, 0) is 88.4 Å². The first-order valence-corrected chi connectivity index (χ1v) is 14.1. The third-order valence-electron chi connectivity index (χ3n) is 8.49. The monoisotopic (exact) mass is 498 g/mol. The molecular formula is C32H42N4O. The first kappa shape index (κ1) is 27.2. The summed E-state index contributed by atoms with van der Waals surface area (Å²) in [5.41, 5.74) is 2.73. The predicted molar refractivity (Wildman–Crippen MR) is 149 cm³/mol. The van der Waals surface area contributed by atoms with Crippen LogP contribution in [-0.2, 0) is 10.2 Å². The summed E-state index contributed by atoms with van der Waals surface area (Å²) in [6.45, 7) is 10.4. The molecule has 4 rings (SSSR count). The van der Waals surface area contributed by atoms with Gasteiger partial charge in [0.05, 0.1) is 29.2 Å². The molecule has 0 radical (unpaired) electrons. The zero-order valence-corrected chi connectivity index (χ0v) is 22.6. The number of ether oxygens (including phenoxy) is 1. The second kappa shape index (κ2) is 13.1. The fourth-order valence-corrected chi connectivity index (χ4v) is 6.35. The molecule has 5 heteroatoms. The SMILES string of the molecule is CCO[C@H](C)CCCCC(C#N)(c1ccccc1)C1CCN(CC2CN(c3ccc(C#N)cc3)C2)CC1. The van der Waals surface area contributed by atoms with Gasteiger partial charge in [0.1, 0.15) is 0 Å². The summed E-state index contributed by atoms with van der Waals surface area (Å²) in [7, 11) is 0. The summed E-state index contributed by atoms with van der Waals surface area (Å²) in [6, 6.07) is 23.5. The fraction of sp³-hybridized carbons (Fsp3) is 0.562. The van der Waals surface area contributed by atoms with Crippen LogP contribution in [0.2, 0.25) is 0 Å². The van der Waals surface area contributed by atoms with Crippen molar-refractivity contribution in [2.24, 2.45) is 11.8 Å². The van der Waals surface area contributed by atoms with E-state index in [1.165, 1.54) is 11.3 Å². The molecule has 0 amide bonds. The van der Waals surface area contributed by atoms with E-state index < -0.39 is 5.41 Å². The molecule has 2 heterocycles. The molecule has 0 bridgehead atoms. The average Bonchev–Trinajstić information content (AvgIpc) is 2.92. The molecule has 2 saturated heterocycles. The van der Waals surface area contributed by atoms with Gasteiger partial charge in [0.25, 0.3) is 0 Å². The number of benzene rings is 2. The molecular weight excluding hydrogens is 456 g/mol. The molecule has 0 aliphatic carbocycles. The summed E-state index contributed by atoms with van der Waals surface area (Å²) in [5, 5.41) is 19.6. The van der Waals surface area contributed by atoms with Gasteiger partial charge in [0, 0.05) is 37.8 Å². The zero-order chi connectivity index (χ0) is 26.1. The van der Waals surface area contributed by atoms with Gasteiger partial charge in [-0.25, -0.2) is 0 Å². The first-order chi connectivity index (χ1) is 18.1. The highest BCUT2D eigenvalue weighted by Gasteiger charge is 2.42. The van der Waals surface area contributed by atoms with E-state index in [1.807, 2.05) is 12.1 Å². The Morgan fingerprint density at radius 3 is 2.32 bits per heavy atom. The van der Waals surface area contributed by atoms with Gasteiger partial charge in [-0.1, -0.05) is 43.2 Å². The lowest BCUT2D eigenvalue weighted by Gasteiger charge is -2.46. The number of rotatable bonds is 12. The predicted octanol–water partition coefficient (Wildman–Crippen LogP) is 6.15. The Balaban J connectivity index is 1.30. The van der Waals surface area contributed by atoms with Crippen LogP contribution < -0.4 is 4.90 Å². The molecule has 2 fully saturated rings. The van der Waals surface area contributed by atoms with Crippen LogP contribution in [0.25, 0.3) is 0 Å². The van der Waals surface area contributed by atoms with Gasteiger partial charge in [-0.15, -0.1) is 0 Å². The molecule has 0 N–H and O–H groups in total. The number of unbranched alkanes of at least 4 members (excludes halogenated alkanes) is 1. The highest BCUT2D eigenvalue weighted by Crippen LogP contribution is 2.42. The highest BCUT2D eigenvalue weighted by atomic mass is 16.5. The Morgan fingerprint density at radius 1 is 1.00 bits per heavy atom. The minimum atomic E-state index is -0.398. The van der Waals surface area contributed by atoms with Crippen molar-refractivity contribution in [1.29, 1.82) is 10.5 Å². The van der Waals surface area contributed by atoms with Gasteiger partial charge in [0.2, 0.25) is 0 Å². The molecule has 0 spiro atoms. The summed E-state index contributed by atoms with van der Waals surface area (Å²) >= 11 is 0. The Hall–Kier alpha value is -2.86. The van der Waals surface area contributed by atoms with Crippen molar-refractivity contribution in [1.82, 2.24) is 4.90 Å². The molecule has 2 aliphatic heterocycles. The average molecular weight is 499 g/mol. The number of piperidine rings is 1. The van der Waals surface area contributed by atoms with Crippen LogP contribution in [0.5, 0.6) is 0 Å². The van der Waals surface area contributed by atoms with Gasteiger partial charge in [-0.3, -0.25) is 0 Å². The minimum Gasteiger partial charge on any atom is -0.379 e. The maximum absolute atomic E-state index is 10.6. The van der Waals surface area contributed by atoms with Gasteiger partial charge >= 0.3 is 0 Å². The van der Waals surface area contributed by atoms with E-state index in [4.69, 9.17) is 10.00 Å². The normalized spacial score (nSPS) is 19.4. The third kappa shape index (κ3) is 6.72. The van der Waals surface area contributed by atoms with E-state index in [9.17, 15) is 5.26 Å². The minimum absolute atomic E-state index is 0.292. The molecule has 0 saturated carbocycles. The van der Waals surface area contributed by atoms with E-state index in [-0.39, 0.29) is 0 Å². The molecule has 2 aromatic carbocycles. The van der Waals surface area contributed by atoms with Gasteiger partial charge in [-0.2, -0.15) is 10.5 Å². The van der Waals surface area contributed by atoms with Crippen LogP contribution in [0.15, 0.2) is 54.6 Å². The van der Waals surface area contributed by atoms with Crippen LogP contribution in [0, 0.1) is 34.5 Å². The van der Waals surface area contributed by atoms with E-state index in [0.29, 0.717) is 23.5 Å². The lowest BCUT2D eigenvalue weighted by atomic mass is 9.65. The number of hydrogen-bond acceptors (Lipinski definition) is 5. The Labute approximate surface area is 223 Å². The Kier molecular flexibility index (Phi) is 9.62. The first-order valence-electron chi connectivity index (χ1n) is 14.1. The molecule has 196 valence electrons. The maximum Gasteiger partial charge on any atom is 0.0991 e. The molecule has 37 heavy (non-hydrogen) atoms. The van der Waals surface area contributed by atoms with E-state index in [0.717, 1.165) is 77.9 Å². The van der Waals surface area contributed by atoms with Crippen LogP contribution in [0.3, 0.4) is 0 Å². The lowest BCUT2D eigenvalue weighted by Crippen LogP contribution is -2.53.